The Labute approximate surface area is 152 Å². The Balaban J connectivity index is 2.31. The van der Waals surface area contributed by atoms with E-state index < -0.39 is 0 Å². The molecule has 2 N–H and O–H groups in total. The predicted molar refractivity (Wildman–Crippen MR) is 99.5 cm³/mol. The van der Waals surface area contributed by atoms with Gasteiger partial charge >= 0.3 is 0 Å². The lowest BCUT2D eigenvalue weighted by molar-refractivity contribution is -0.121. The maximum atomic E-state index is 11.6. The fourth-order valence-corrected chi connectivity index (χ4v) is 2.78. The van der Waals surface area contributed by atoms with Crippen molar-refractivity contribution >= 4 is 11.8 Å². The van der Waals surface area contributed by atoms with E-state index in [1.165, 1.54) is 0 Å². The zero-order chi connectivity index (χ0) is 18.3. The fourth-order valence-electron chi connectivity index (χ4n) is 2.78. The van der Waals surface area contributed by atoms with Gasteiger partial charge in [0.25, 0.3) is 0 Å². The highest BCUT2D eigenvalue weighted by Gasteiger charge is 2.13. The third-order valence-corrected chi connectivity index (χ3v) is 4.29. The van der Waals surface area contributed by atoms with E-state index in [0.717, 1.165) is 65.3 Å². The molecule has 7 heteroatoms. The van der Waals surface area contributed by atoms with Crippen molar-refractivity contribution in [3.8, 4) is 0 Å². The standard InChI is InChI=1S/C18H36N4O3/c1-3-5-17(23)19-7-9-21(10-8-20-18(24)6-4-2)11-12-22-13-15-25-16-14-22/h3-16H2,1-2H3,(H,19,23)(H,20,24). The number of ether oxygens (including phenoxy) is 1. The molecular weight excluding hydrogens is 320 g/mol. The molecule has 0 unspecified atom stereocenters. The Bertz CT molecular complexity index is 349. The Morgan fingerprint density at radius 1 is 0.920 bits per heavy atom. The average Bonchev–Trinajstić information content (AvgIpc) is 2.60. The Morgan fingerprint density at radius 3 is 1.92 bits per heavy atom. The lowest BCUT2D eigenvalue weighted by atomic mass is 10.3. The lowest BCUT2D eigenvalue weighted by Crippen LogP contribution is -2.45. The van der Waals surface area contributed by atoms with Crippen LogP contribution in [0.25, 0.3) is 0 Å². The van der Waals surface area contributed by atoms with E-state index in [2.05, 4.69) is 20.4 Å². The predicted octanol–water partition coefficient (Wildman–Crippen LogP) is 0.453. The summed E-state index contributed by atoms with van der Waals surface area (Å²) in [5, 5.41) is 5.94. The van der Waals surface area contributed by atoms with Crippen molar-refractivity contribution in [2.75, 3.05) is 65.6 Å². The van der Waals surface area contributed by atoms with Gasteiger partial charge < -0.3 is 15.4 Å². The van der Waals surface area contributed by atoms with Gasteiger partial charge in [-0.05, 0) is 12.8 Å². The van der Waals surface area contributed by atoms with Crippen LogP contribution in [0.5, 0.6) is 0 Å². The minimum atomic E-state index is 0.117. The van der Waals surface area contributed by atoms with Gasteiger partial charge in [-0.1, -0.05) is 13.8 Å². The summed E-state index contributed by atoms with van der Waals surface area (Å²) in [6, 6.07) is 0. The molecule has 1 fully saturated rings. The van der Waals surface area contributed by atoms with E-state index in [0.29, 0.717) is 25.9 Å². The van der Waals surface area contributed by atoms with Crippen LogP contribution < -0.4 is 10.6 Å². The van der Waals surface area contributed by atoms with Crippen LogP contribution >= 0.6 is 0 Å². The van der Waals surface area contributed by atoms with Crippen LogP contribution in [0, 0.1) is 0 Å². The SMILES string of the molecule is CCCC(=O)NCCN(CCNC(=O)CCC)CCN1CCOCC1. The average molecular weight is 357 g/mol. The monoisotopic (exact) mass is 356 g/mol. The molecule has 1 aliphatic rings. The molecule has 1 rings (SSSR count). The van der Waals surface area contributed by atoms with Gasteiger partial charge in [-0.15, -0.1) is 0 Å². The van der Waals surface area contributed by atoms with Crippen LogP contribution in [-0.4, -0.2) is 87.2 Å². The number of amides is 2. The largest absolute Gasteiger partial charge is 0.379 e. The maximum Gasteiger partial charge on any atom is 0.220 e. The summed E-state index contributed by atoms with van der Waals surface area (Å²) < 4.78 is 5.38. The summed E-state index contributed by atoms with van der Waals surface area (Å²) in [6.07, 6.45) is 2.91. The van der Waals surface area contributed by atoms with Gasteiger partial charge in [-0.3, -0.25) is 19.4 Å². The molecule has 25 heavy (non-hydrogen) atoms. The van der Waals surface area contributed by atoms with E-state index in [1.54, 1.807) is 0 Å². The first-order valence-electron chi connectivity index (χ1n) is 9.71. The zero-order valence-electron chi connectivity index (χ0n) is 16.0. The molecule has 0 bridgehead atoms. The minimum absolute atomic E-state index is 0.117. The second kappa shape index (κ2) is 14.0. The minimum Gasteiger partial charge on any atom is -0.379 e. The van der Waals surface area contributed by atoms with Crippen molar-refractivity contribution in [2.45, 2.75) is 39.5 Å². The number of carbonyl (C=O) groups excluding carboxylic acids is 2. The number of morpholine rings is 1. The van der Waals surface area contributed by atoms with E-state index in [4.69, 9.17) is 4.74 Å². The normalized spacial score (nSPS) is 15.3. The van der Waals surface area contributed by atoms with Crippen LogP contribution in [0.3, 0.4) is 0 Å². The Hall–Kier alpha value is -1.18. The fraction of sp³-hybridized carbons (Fsp3) is 0.889. The zero-order valence-corrected chi connectivity index (χ0v) is 16.0. The molecule has 2 amide bonds. The molecule has 0 atom stereocenters. The number of hydrogen-bond acceptors (Lipinski definition) is 5. The number of hydrogen-bond donors (Lipinski definition) is 2. The van der Waals surface area contributed by atoms with Gasteiger partial charge in [0, 0.05) is 65.2 Å². The summed E-state index contributed by atoms with van der Waals surface area (Å²) >= 11 is 0. The van der Waals surface area contributed by atoms with E-state index in [1.807, 2.05) is 13.8 Å². The first-order chi connectivity index (χ1) is 12.2. The second-order valence-corrected chi connectivity index (χ2v) is 6.50. The highest BCUT2D eigenvalue weighted by atomic mass is 16.5. The van der Waals surface area contributed by atoms with Crippen LogP contribution in [0.15, 0.2) is 0 Å². The summed E-state index contributed by atoms with van der Waals surface area (Å²) in [6.45, 7) is 12.5. The molecule has 0 aromatic rings. The molecule has 1 heterocycles. The molecule has 0 aromatic carbocycles. The van der Waals surface area contributed by atoms with Crippen molar-refractivity contribution in [1.29, 1.82) is 0 Å². The highest BCUT2D eigenvalue weighted by molar-refractivity contribution is 5.76. The lowest BCUT2D eigenvalue weighted by Gasteiger charge is -2.30. The van der Waals surface area contributed by atoms with Gasteiger partial charge in [0.1, 0.15) is 0 Å². The van der Waals surface area contributed by atoms with Gasteiger partial charge in [-0.2, -0.15) is 0 Å². The smallest absolute Gasteiger partial charge is 0.220 e. The maximum absolute atomic E-state index is 11.6. The van der Waals surface area contributed by atoms with Crippen LogP contribution in [0.1, 0.15) is 39.5 Å². The van der Waals surface area contributed by atoms with Crippen molar-refractivity contribution in [1.82, 2.24) is 20.4 Å². The van der Waals surface area contributed by atoms with Crippen molar-refractivity contribution < 1.29 is 14.3 Å². The molecular formula is C18H36N4O3. The van der Waals surface area contributed by atoms with Gasteiger partial charge in [0.05, 0.1) is 13.2 Å². The van der Waals surface area contributed by atoms with E-state index >= 15 is 0 Å². The van der Waals surface area contributed by atoms with Gasteiger partial charge in [0.15, 0.2) is 0 Å². The summed E-state index contributed by atoms with van der Waals surface area (Å²) in [5.41, 5.74) is 0. The third-order valence-electron chi connectivity index (χ3n) is 4.29. The van der Waals surface area contributed by atoms with Crippen molar-refractivity contribution in [3.05, 3.63) is 0 Å². The molecule has 146 valence electrons. The van der Waals surface area contributed by atoms with Crippen LogP contribution in [0.2, 0.25) is 0 Å². The van der Waals surface area contributed by atoms with Gasteiger partial charge in [-0.25, -0.2) is 0 Å². The molecule has 0 aromatic heterocycles. The molecule has 0 saturated carbocycles. The summed E-state index contributed by atoms with van der Waals surface area (Å²) in [4.78, 5) is 27.9. The number of nitrogens with one attached hydrogen (secondary N) is 2. The number of rotatable bonds is 13. The summed E-state index contributed by atoms with van der Waals surface area (Å²) in [7, 11) is 0. The first kappa shape index (κ1) is 21.9. The third kappa shape index (κ3) is 11.1. The number of nitrogens with zero attached hydrogens (tertiary/aromatic N) is 2. The topological polar surface area (TPSA) is 73.9 Å². The Kier molecular flexibility index (Phi) is 12.3. The van der Waals surface area contributed by atoms with Crippen LogP contribution in [-0.2, 0) is 14.3 Å². The number of carbonyl (C=O) groups is 2. The molecule has 1 saturated heterocycles. The molecule has 1 aliphatic heterocycles. The molecule has 0 aliphatic carbocycles. The molecule has 7 nitrogen and oxygen atoms in total. The quantitative estimate of drug-likeness (QED) is 0.501. The molecule has 0 spiro atoms. The van der Waals surface area contributed by atoms with Crippen molar-refractivity contribution in [3.63, 3.8) is 0 Å². The van der Waals surface area contributed by atoms with Crippen LogP contribution in [0.4, 0.5) is 0 Å². The molecule has 0 radical (unpaired) electrons. The Morgan fingerprint density at radius 2 is 1.44 bits per heavy atom. The van der Waals surface area contributed by atoms with Gasteiger partial charge in [0.2, 0.25) is 11.8 Å². The van der Waals surface area contributed by atoms with Crippen molar-refractivity contribution in [2.24, 2.45) is 0 Å². The second-order valence-electron chi connectivity index (χ2n) is 6.50. The first-order valence-corrected chi connectivity index (χ1v) is 9.71. The van der Waals surface area contributed by atoms with E-state index in [-0.39, 0.29) is 11.8 Å². The summed E-state index contributed by atoms with van der Waals surface area (Å²) in [5.74, 6) is 0.235. The highest BCUT2D eigenvalue weighted by Crippen LogP contribution is 1.98. The van der Waals surface area contributed by atoms with E-state index in [9.17, 15) is 9.59 Å².